The maximum atomic E-state index is 13.9. The van der Waals surface area contributed by atoms with Gasteiger partial charge in [-0.3, -0.25) is 9.59 Å². The average molecular weight is 528 g/mol. The van der Waals surface area contributed by atoms with Gasteiger partial charge in [0, 0.05) is 6.54 Å². The van der Waals surface area contributed by atoms with Crippen LogP contribution in [0.25, 0.3) is 11.0 Å². The van der Waals surface area contributed by atoms with Crippen molar-refractivity contribution in [2.45, 2.75) is 39.3 Å². The molecule has 8 heteroatoms. The lowest BCUT2D eigenvalue weighted by atomic mass is 9.97. The number of carbonyl (C=O) groups is 1. The lowest BCUT2D eigenvalue weighted by Gasteiger charge is -2.26. The number of nitrogens with zero attached hydrogens (tertiary/aromatic N) is 1. The molecule has 0 N–H and O–H groups in total. The number of ether oxygens (including phenoxy) is 4. The molecule has 4 aromatic rings. The van der Waals surface area contributed by atoms with Crippen molar-refractivity contribution in [1.29, 1.82) is 0 Å². The van der Waals surface area contributed by atoms with Crippen LogP contribution in [0.2, 0.25) is 0 Å². The molecule has 2 aliphatic heterocycles. The molecule has 39 heavy (non-hydrogen) atoms. The van der Waals surface area contributed by atoms with Gasteiger partial charge < -0.3 is 28.3 Å². The van der Waals surface area contributed by atoms with Gasteiger partial charge in [-0.15, -0.1) is 0 Å². The molecule has 0 bridgehead atoms. The SMILES string of the molecule is CCCCOc1ccc([C@@H]2c3c(oc4ccc(C)cc4c3=O)C(=O)N2Cc2ccc3c(c2)OCO3)cc1OC. The first-order chi connectivity index (χ1) is 19.0. The number of fused-ring (bicyclic) bond motifs is 3. The lowest BCUT2D eigenvalue weighted by Crippen LogP contribution is -2.29. The number of unbranched alkanes of at least 4 members (excludes halogenated alkanes) is 1. The van der Waals surface area contributed by atoms with Crippen LogP contribution in [-0.2, 0) is 6.54 Å². The Balaban J connectivity index is 1.48. The van der Waals surface area contributed by atoms with E-state index in [9.17, 15) is 9.59 Å². The first-order valence-corrected chi connectivity index (χ1v) is 13.1. The normalized spacial score (nSPS) is 15.6. The van der Waals surface area contributed by atoms with Crippen LogP contribution in [0.15, 0.2) is 63.8 Å². The fraction of sp³-hybridized carbons (Fsp3) is 0.290. The molecule has 0 saturated heterocycles. The van der Waals surface area contributed by atoms with Crippen molar-refractivity contribution in [2.24, 2.45) is 0 Å². The van der Waals surface area contributed by atoms with Gasteiger partial charge in [0.25, 0.3) is 5.91 Å². The minimum absolute atomic E-state index is 0.0596. The van der Waals surface area contributed by atoms with Gasteiger partial charge in [0.1, 0.15) is 5.58 Å². The van der Waals surface area contributed by atoms with Crippen LogP contribution in [0.5, 0.6) is 23.0 Å². The summed E-state index contributed by atoms with van der Waals surface area (Å²) in [6, 6.07) is 15.8. The van der Waals surface area contributed by atoms with E-state index in [1.54, 1.807) is 24.1 Å². The van der Waals surface area contributed by atoms with Crippen molar-refractivity contribution < 1.29 is 28.2 Å². The van der Waals surface area contributed by atoms with Crippen LogP contribution in [-0.4, -0.2) is 31.3 Å². The summed E-state index contributed by atoms with van der Waals surface area (Å²) in [7, 11) is 1.58. The molecule has 1 atom stereocenters. The van der Waals surface area contributed by atoms with Crippen molar-refractivity contribution in [2.75, 3.05) is 20.5 Å². The standard InChI is InChI=1S/C31H29NO7/c1-4-5-12-36-23-11-8-20(15-25(23)35-3)28-27-29(33)21-13-18(2)6-9-22(21)39-30(27)31(34)32(28)16-19-7-10-24-26(14-19)38-17-37-24/h6-11,13-15,28H,4-5,12,16-17H2,1-3H3/t28-/m1/s1. The predicted molar refractivity (Wildman–Crippen MR) is 145 cm³/mol. The van der Waals surface area contributed by atoms with Crippen LogP contribution in [0.1, 0.15) is 58.6 Å². The molecule has 0 aliphatic carbocycles. The van der Waals surface area contributed by atoms with E-state index >= 15 is 0 Å². The summed E-state index contributed by atoms with van der Waals surface area (Å²) in [5.74, 6) is 2.14. The molecular weight excluding hydrogens is 498 g/mol. The van der Waals surface area contributed by atoms with E-state index in [4.69, 9.17) is 23.4 Å². The third-order valence-electron chi connectivity index (χ3n) is 7.17. The van der Waals surface area contributed by atoms with Gasteiger partial charge in [0.2, 0.25) is 12.6 Å². The van der Waals surface area contributed by atoms with Crippen LogP contribution >= 0.6 is 0 Å². The zero-order chi connectivity index (χ0) is 27.1. The molecule has 200 valence electrons. The third kappa shape index (κ3) is 4.35. The fourth-order valence-corrected chi connectivity index (χ4v) is 5.18. The zero-order valence-electron chi connectivity index (χ0n) is 22.1. The largest absolute Gasteiger partial charge is 0.493 e. The molecule has 1 amide bonds. The van der Waals surface area contributed by atoms with Gasteiger partial charge in [-0.1, -0.05) is 37.1 Å². The quantitative estimate of drug-likeness (QED) is 0.269. The maximum absolute atomic E-state index is 13.9. The average Bonchev–Trinajstić information content (AvgIpc) is 3.52. The zero-order valence-corrected chi connectivity index (χ0v) is 22.1. The Kier molecular flexibility index (Phi) is 6.38. The Hall–Kier alpha value is -4.46. The van der Waals surface area contributed by atoms with Gasteiger partial charge >= 0.3 is 0 Å². The molecule has 0 unspecified atom stereocenters. The molecule has 0 radical (unpaired) electrons. The predicted octanol–water partition coefficient (Wildman–Crippen LogP) is 5.76. The van der Waals surface area contributed by atoms with Crippen molar-refractivity contribution in [3.63, 3.8) is 0 Å². The van der Waals surface area contributed by atoms with Gasteiger partial charge in [-0.25, -0.2) is 0 Å². The molecule has 0 saturated carbocycles. The topological polar surface area (TPSA) is 87.4 Å². The second kappa shape index (κ2) is 10.0. The monoisotopic (exact) mass is 527 g/mol. The highest BCUT2D eigenvalue weighted by molar-refractivity contribution is 5.99. The summed E-state index contributed by atoms with van der Waals surface area (Å²) in [6.07, 6.45) is 1.94. The smallest absolute Gasteiger partial charge is 0.291 e. The van der Waals surface area contributed by atoms with Gasteiger partial charge in [0.15, 0.2) is 28.4 Å². The molecule has 3 heterocycles. The van der Waals surface area contributed by atoms with Crippen molar-refractivity contribution in [3.05, 3.63) is 92.8 Å². The first kappa shape index (κ1) is 24.9. The minimum Gasteiger partial charge on any atom is -0.493 e. The lowest BCUT2D eigenvalue weighted by molar-refractivity contribution is 0.0714. The third-order valence-corrected chi connectivity index (χ3v) is 7.17. The van der Waals surface area contributed by atoms with E-state index in [1.165, 1.54) is 0 Å². The van der Waals surface area contributed by atoms with Crippen molar-refractivity contribution >= 4 is 16.9 Å². The summed E-state index contributed by atoms with van der Waals surface area (Å²) < 4.78 is 28.7. The van der Waals surface area contributed by atoms with Crippen LogP contribution in [0, 0.1) is 6.92 Å². The summed E-state index contributed by atoms with van der Waals surface area (Å²) in [5, 5.41) is 0.447. The first-order valence-electron chi connectivity index (χ1n) is 13.1. The number of hydrogen-bond acceptors (Lipinski definition) is 7. The molecule has 8 nitrogen and oxygen atoms in total. The molecule has 0 spiro atoms. The van der Waals surface area contributed by atoms with Crippen molar-refractivity contribution in [3.8, 4) is 23.0 Å². The Morgan fingerprint density at radius 1 is 0.974 bits per heavy atom. The maximum Gasteiger partial charge on any atom is 0.291 e. The van der Waals surface area contributed by atoms with Crippen LogP contribution in [0.3, 0.4) is 0 Å². The molecular formula is C31H29NO7. The van der Waals surface area contributed by atoms with Gasteiger partial charge in [0.05, 0.1) is 30.7 Å². The number of hydrogen-bond donors (Lipinski definition) is 0. The second-order valence-electron chi connectivity index (χ2n) is 9.81. The molecule has 3 aromatic carbocycles. The molecule has 2 aliphatic rings. The summed E-state index contributed by atoms with van der Waals surface area (Å²) in [5.41, 5.74) is 2.98. The second-order valence-corrected chi connectivity index (χ2v) is 9.81. The van der Waals surface area contributed by atoms with Crippen LogP contribution < -0.4 is 24.4 Å². The highest BCUT2D eigenvalue weighted by atomic mass is 16.7. The number of methoxy groups -OCH3 is 1. The molecule has 6 rings (SSSR count). The Morgan fingerprint density at radius 3 is 2.64 bits per heavy atom. The van der Waals surface area contributed by atoms with E-state index in [2.05, 4.69) is 6.92 Å². The highest BCUT2D eigenvalue weighted by Crippen LogP contribution is 2.42. The van der Waals surface area contributed by atoms with E-state index in [1.807, 2.05) is 49.4 Å². The number of benzene rings is 3. The Labute approximate surface area is 225 Å². The number of carbonyl (C=O) groups excluding carboxylic acids is 1. The van der Waals surface area contributed by atoms with E-state index in [0.29, 0.717) is 46.1 Å². The summed E-state index contributed by atoms with van der Waals surface area (Å²) >= 11 is 0. The van der Waals surface area contributed by atoms with Crippen molar-refractivity contribution in [1.82, 2.24) is 4.90 Å². The number of rotatable bonds is 8. The van der Waals surface area contributed by atoms with E-state index in [0.717, 1.165) is 29.5 Å². The summed E-state index contributed by atoms with van der Waals surface area (Å²) in [6.45, 7) is 4.98. The number of aryl methyl sites for hydroxylation is 1. The minimum atomic E-state index is -0.683. The Bertz CT molecular complexity index is 1640. The van der Waals surface area contributed by atoms with Gasteiger partial charge in [-0.2, -0.15) is 0 Å². The van der Waals surface area contributed by atoms with E-state index < -0.39 is 6.04 Å². The molecule has 1 aromatic heterocycles. The fourth-order valence-electron chi connectivity index (χ4n) is 5.18. The molecule has 0 fully saturated rings. The highest BCUT2D eigenvalue weighted by Gasteiger charge is 2.43. The Morgan fingerprint density at radius 2 is 1.82 bits per heavy atom. The number of amides is 1. The van der Waals surface area contributed by atoms with E-state index in [-0.39, 0.29) is 30.4 Å². The van der Waals surface area contributed by atoms with Crippen LogP contribution in [0.4, 0.5) is 0 Å². The summed E-state index contributed by atoms with van der Waals surface area (Å²) in [4.78, 5) is 29.4. The van der Waals surface area contributed by atoms with Gasteiger partial charge in [-0.05, 0) is 60.9 Å².